The average Bonchev–Trinajstić information content (AvgIpc) is 2.94. The lowest BCUT2D eigenvalue weighted by Gasteiger charge is -2.19. The van der Waals surface area contributed by atoms with E-state index in [1.54, 1.807) is 18.3 Å². The monoisotopic (exact) mass is 283 g/mol. The fraction of sp³-hybridized carbons (Fsp3) is 0.538. The van der Waals surface area contributed by atoms with Crippen LogP contribution in [0.4, 0.5) is 5.69 Å². The summed E-state index contributed by atoms with van der Waals surface area (Å²) in [5.41, 5.74) is 6.90. The summed E-state index contributed by atoms with van der Waals surface area (Å²) in [7, 11) is 0. The molecule has 2 fully saturated rings. The summed E-state index contributed by atoms with van der Waals surface area (Å²) in [4.78, 5) is 16.0. The maximum atomic E-state index is 11.9. The molecule has 0 saturated carbocycles. The predicted octanol–water partition coefficient (Wildman–Crippen LogP) is 1.06. The minimum absolute atomic E-state index is 0. The van der Waals surface area contributed by atoms with Crippen molar-refractivity contribution in [1.29, 1.82) is 0 Å². The quantitative estimate of drug-likeness (QED) is 0.870. The number of hydrogen-bond donors (Lipinski definition) is 2. The molecule has 0 spiro atoms. The van der Waals surface area contributed by atoms with Crippen LogP contribution < -0.4 is 11.1 Å². The number of carbonyl (C=O) groups excluding carboxylic acids is 1. The summed E-state index contributed by atoms with van der Waals surface area (Å²) in [6, 6.07) is 3.73. The Hall–Kier alpha value is -1.33. The van der Waals surface area contributed by atoms with E-state index in [4.69, 9.17) is 10.5 Å². The topological polar surface area (TPSA) is 77.2 Å². The second-order valence-corrected chi connectivity index (χ2v) is 5.04. The number of hydrogen-bond acceptors (Lipinski definition) is 4. The minimum atomic E-state index is 0. The van der Waals surface area contributed by atoms with Gasteiger partial charge in [0.2, 0.25) is 5.91 Å². The van der Waals surface area contributed by atoms with Gasteiger partial charge in [-0.05, 0) is 31.4 Å². The molecule has 0 aliphatic carbocycles. The van der Waals surface area contributed by atoms with Gasteiger partial charge in [-0.1, -0.05) is 0 Å². The smallest absolute Gasteiger partial charge is 0.226 e. The van der Waals surface area contributed by atoms with Crippen molar-refractivity contribution in [2.45, 2.75) is 43.9 Å². The van der Waals surface area contributed by atoms with Crippen molar-refractivity contribution in [3.8, 4) is 0 Å². The molecule has 3 rings (SSSR count). The minimum Gasteiger partial charge on any atom is -0.397 e. The molecule has 0 radical (unpaired) electrons. The van der Waals surface area contributed by atoms with Gasteiger partial charge in [0.1, 0.15) is 0 Å². The first-order valence-corrected chi connectivity index (χ1v) is 6.36. The van der Waals surface area contributed by atoms with Crippen molar-refractivity contribution in [2.24, 2.45) is 0 Å². The molecule has 19 heavy (non-hydrogen) atoms. The first-order chi connectivity index (χ1) is 8.70. The largest absolute Gasteiger partial charge is 0.397 e. The molecule has 3 heterocycles. The summed E-state index contributed by atoms with van der Waals surface area (Å²) in [5.74, 6) is 0.00780. The summed E-state index contributed by atoms with van der Waals surface area (Å²) >= 11 is 0. The van der Waals surface area contributed by atoms with Crippen molar-refractivity contribution >= 4 is 24.0 Å². The lowest BCUT2D eigenvalue weighted by atomic mass is 9.95. The van der Waals surface area contributed by atoms with Crippen LogP contribution in [0.25, 0.3) is 0 Å². The normalized spacial score (nSPS) is 27.9. The van der Waals surface area contributed by atoms with E-state index in [0.29, 0.717) is 18.2 Å². The first-order valence-electron chi connectivity index (χ1n) is 6.36. The standard InChI is InChI=1S/C13H17N3O2.ClH/c14-8-1-2-9(15-7-8)5-13(17)16-11-6-10-3-4-12(11)18-10;/h1-2,7,10-12H,3-6,14H2,(H,16,17);1H. The number of aromatic nitrogens is 1. The van der Waals surface area contributed by atoms with Gasteiger partial charge in [-0.2, -0.15) is 0 Å². The Kier molecular flexibility index (Phi) is 4.27. The molecule has 5 nitrogen and oxygen atoms in total. The fourth-order valence-electron chi connectivity index (χ4n) is 2.75. The van der Waals surface area contributed by atoms with E-state index in [2.05, 4.69) is 10.3 Å². The van der Waals surface area contributed by atoms with Gasteiger partial charge in [-0.15, -0.1) is 12.4 Å². The third-order valence-electron chi connectivity index (χ3n) is 3.64. The van der Waals surface area contributed by atoms with Gasteiger partial charge < -0.3 is 15.8 Å². The van der Waals surface area contributed by atoms with E-state index >= 15 is 0 Å². The number of nitrogens with two attached hydrogens (primary N) is 1. The van der Waals surface area contributed by atoms with Gasteiger partial charge in [-0.3, -0.25) is 9.78 Å². The highest BCUT2D eigenvalue weighted by molar-refractivity contribution is 5.85. The van der Waals surface area contributed by atoms with E-state index < -0.39 is 0 Å². The van der Waals surface area contributed by atoms with Crippen molar-refractivity contribution in [2.75, 3.05) is 5.73 Å². The molecule has 2 bridgehead atoms. The average molecular weight is 284 g/mol. The fourth-order valence-corrected chi connectivity index (χ4v) is 2.75. The Balaban J connectivity index is 0.00000133. The maximum Gasteiger partial charge on any atom is 0.226 e. The number of nitrogens with zero attached hydrogens (tertiary/aromatic N) is 1. The highest BCUT2D eigenvalue weighted by Gasteiger charge is 2.41. The van der Waals surface area contributed by atoms with Gasteiger partial charge in [-0.25, -0.2) is 0 Å². The summed E-state index contributed by atoms with van der Waals surface area (Å²) in [6.45, 7) is 0. The summed E-state index contributed by atoms with van der Waals surface area (Å²) in [6.07, 6.45) is 5.60. The Bertz CT molecular complexity index is 452. The Morgan fingerprint density at radius 1 is 1.47 bits per heavy atom. The molecule has 104 valence electrons. The van der Waals surface area contributed by atoms with Crippen molar-refractivity contribution < 1.29 is 9.53 Å². The van der Waals surface area contributed by atoms with Gasteiger partial charge in [0, 0.05) is 5.69 Å². The molecule has 6 heteroatoms. The van der Waals surface area contributed by atoms with Crippen molar-refractivity contribution in [3.05, 3.63) is 24.0 Å². The molecule has 1 amide bonds. The van der Waals surface area contributed by atoms with Crippen LogP contribution in [0.2, 0.25) is 0 Å². The molecular weight excluding hydrogens is 266 g/mol. The van der Waals surface area contributed by atoms with Crippen LogP contribution in [-0.2, 0) is 16.0 Å². The highest BCUT2D eigenvalue weighted by atomic mass is 35.5. The number of anilines is 1. The van der Waals surface area contributed by atoms with E-state index in [-0.39, 0.29) is 30.5 Å². The van der Waals surface area contributed by atoms with Crippen molar-refractivity contribution in [3.63, 3.8) is 0 Å². The zero-order valence-electron chi connectivity index (χ0n) is 10.5. The van der Waals surface area contributed by atoms with Crippen LogP contribution in [0.3, 0.4) is 0 Å². The summed E-state index contributed by atoms with van der Waals surface area (Å²) < 4.78 is 5.70. The number of nitrogen functional groups attached to an aromatic ring is 1. The highest BCUT2D eigenvalue weighted by Crippen LogP contribution is 2.34. The molecule has 2 aliphatic rings. The number of halogens is 1. The zero-order chi connectivity index (χ0) is 12.5. The predicted molar refractivity (Wildman–Crippen MR) is 74.0 cm³/mol. The number of nitrogens with one attached hydrogen (secondary N) is 1. The summed E-state index contributed by atoms with van der Waals surface area (Å²) in [5, 5.41) is 3.04. The maximum absolute atomic E-state index is 11.9. The molecule has 3 atom stereocenters. The van der Waals surface area contributed by atoms with Gasteiger partial charge in [0.15, 0.2) is 0 Å². The van der Waals surface area contributed by atoms with Gasteiger partial charge in [0.25, 0.3) is 0 Å². The Morgan fingerprint density at radius 2 is 2.32 bits per heavy atom. The molecule has 2 saturated heterocycles. The van der Waals surface area contributed by atoms with Gasteiger partial charge in [0.05, 0.1) is 36.6 Å². The van der Waals surface area contributed by atoms with E-state index in [9.17, 15) is 4.79 Å². The van der Waals surface area contributed by atoms with Crippen LogP contribution in [-0.4, -0.2) is 29.1 Å². The molecule has 0 aromatic carbocycles. The second kappa shape index (κ2) is 5.75. The zero-order valence-corrected chi connectivity index (χ0v) is 11.4. The number of pyridine rings is 1. The van der Waals surface area contributed by atoms with E-state index in [0.717, 1.165) is 25.0 Å². The third kappa shape index (κ3) is 3.16. The van der Waals surface area contributed by atoms with E-state index in [1.807, 2.05) is 0 Å². The number of carbonyl (C=O) groups is 1. The van der Waals surface area contributed by atoms with Gasteiger partial charge >= 0.3 is 0 Å². The molecule has 1 aromatic rings. The number of fused-ring (bicyclic) bond motifs is 2. The van der Waals surface area contributed by atoms with Crippen LogP contribution in [0.5, 0.6) is 0 Å². The Labute approximate surface area is 118 Å². The number of amides is 1. The van der Waals surface area contributed by atoms with Crippen LogP contribution in [0, 0.1) is 0 Å². The lowest BCUT2D eigenvalue weighted by molar-refractivity contribution is -0.121. The Morgan fingerprint density at radius 3 is 2.89 bits per heavy atom. The molecule has 3 unspecified atom stereocenters. The van der Waals surface area contributed by atoms with Crippen LogP contribution in [0.15, 0.2) is 18.3 Å². The van der Waals surface area contributed by atoms with E-state index in [1.165, 1.54) is 0 Å². The molecular formula is C13H18ClN3O2. The number of ether oxygens (including phenoxy) is 1. The van der Waals surface area contributed by atoms with Crippen molar-refractivity contribution in [1.82, 2.24) is 10.3 Å². The second-order valence-electron chi connectivity index (χ2n) is 5.04. The first kappa shape index (κ1) is 14.1. The molecule has 3 N–H and O–H groups in total. The SMILES string of the molecule is Cl.Nc1ccc(CC(=O)NC2CC3CCC2O3)nc1. The lowest BCUT2D eigenvalue weighted by Crippen LogP contribution is -2.42. The molecule has 1 aromatic heterocycles. The number of rotatable bonds is 3. The van der Waals surface area contributed by atoms with Crippen LogP contribution in [0.1, 0.15) is 25.0 Å². The third-order valence-corrected chi connectivity index (χ3v) is 3.64. The molecule has 2 aliphatic heterocycles. The van der Waals surface area contributed by atoms with Crippen LogP contribution >= 0.6 is 12.4 Å².